The second-order valence-electron chi connectivity index (χ2n) is 4.71. The minimum absolute atomic E-state index is 0.0618. The van der Waals surface area contributed by atoms with Gasteiger partial charge in [-0.1, -0.05) is 26.0 Å². The lowest BCUT2D eigenvalue weighted by Crippen LogP contribution is -2.26. The largest absolute Gasteiger partial charge is 0.493 e. The van der Waals surface area contributed by atoms with E-state index in [1.807, 2.05) is 0 Å². The Balaban J connectivity index is 3.43. The van der Waals surface area contributed by atoms with E-state index >= 15 is 0 Å². The molecule has 0 heterocycles. The number of ether oxygens (including phenoxy) is 1. The van der Waals surface area contributed by atoms with Gasteiger partial charge in [-0.05, 0) is 18.4 Å². The standard InChI is InChI=1S/C14H17FO4/c1-7(2)10(12(16)14(17)18)9-6-5-8(3)11(15)13(9)19-4/h5-7,10H,1-4H3,(H,17,18). The lowest BCUT2D eigenvalue weighted by atomic mass is 9.84. The van der Waals surface area contributed by atoms with Crippen molar-refractivity contribution in [3.63, 3.8) is 0 Å². The number of methoxy groups -OCH3 is 1. The third-order valence-corrected chi connectivity index (χ3v) is 3.02. The van der Waals surface area contributed by atoms with E-state index in [1.54, 1.807) is 26.8 Å². The number of carbonyl (C=O) groups is 2. The summed E-state index contributed by atoms with van der Waals surface area (Å²) in [5.74, 6) is -4.32. The van der Waals surface area contributed by atoms with Crippen molar-refractivity contribution in [3.8, 4) is 5.75 Å². The molecule has 104 valence electrons. The zero-order valence-corrected chi connectivity index (χ0v) is 11.4. The van der Waals surface area contributed by atoms with E-state index in [1.165, 1.54) is 13.2 Å². The molecule has 0 fully saturated rings. The molecule has 0 aromatic heterocycles. The first-order valence-corrected chi connectivity index (χ1v) is 5.91. The fourth-order valence-corrected chi connectivity index (χ4v) is 2.06. The number of rotatable bonds is 5. The van der Waals surface area contributed by atoms with Gasteiger partial charge in [-0.15, -0.1) is 0 Å². The van der Waals surface area contributed by atoms with Gasteiger partial charge in [0.15, 0.2) is 11.6 Å². The summed E-state index contributed by atoms with van der Waals surface area (Å²) in [4.78, 5) is 22.7. The third-order valence-electron chi connectivity index (χ3n) is 3.02. The van der Waals surface area contributed by atoms with Crippen molar-refractivity contribution in [2.45, 2.75) is 26.7 Å². The van der Waals surface area contributed by atoms with Crippen LogP contribution >= 0.6 is 0 Å². The molecule has 4 nitrogen and oxygen atoms in total. The highest BCUT2D eigenvalue weighted by Crippen LogP contribution is 2.35. The third kappa shape index (κ3) is 2.92. The van der Waals surface area contributed by atoms with Gasteiger partial charge >= 0.3 is 5.97 Å². The second-order valence-corrected chi connectivity index (χ2v) is 4.71. The molecule has 0 saturated heterocycles. The molecule has 0 saturated carbocycles. The predicted molar refractivity (Wildman–Crippen MR) is 67.9 cm³/mol. The number of ketones is 1. The fourth-order valence-electron chi connectivity index (χ4n) is 2.06. The lowest BCUT2D eigenvalue weighted by molar-refractivity contribution is -0.150. The highest BCUT2D eigenvalue weighted by Gasteiger charge is 2.32. The molecule has 5 heteroatoms. The van der Waals surface area contributed by atoms with Crippen molar-refractivity contribution in [2.24, 2.45) is 5.92 Å². The summed E-state index contributed by atoms with van der Waals surface area (Å²) < 4.78 is 19.0. The average Bonchev–Trinajstić information content (AvgIpc) is 2.33. The van der Waals surface area contributed by atoms with Gasteiger partial charge < -0.3 is 9.84 Å². The first-order valence-electron chi connectivity index (χ1n) is 5.91. The second kappa shape index (κ2) is 5.82. The molecule has 0 spiro atoms. The molecular formula is C14H17FO4. The number of carboxylic acid groups (broad SMARTS) is 1. The van der Waals surface area contributed by atoms with Gasteiger partial charge in [-0.3, -0.25) is 4.79 Å². The molecule has 0 radical (unpaired) electrons. The minimum Gasteiger partial charge on any atom is -0.493 e. The molecule has 1 unspecified atom stereocenters. The number of benzene rings is 1. The van der Waals surface area contributed by atoms with E-state index in [2.05, 4.69) is 0 Å². The zero-order valence-electron chi connectivity index (χ0n) is 11.4. The summed E-state index contributed by atoms with van der Waals surface area (Å²) in [6.07, 6.45) is 0. The van der Waals surface area contributed by atoms with Gasteiger partial charge in [-0.2, -0.15) is 0 Å². The molecule has 0 aliphatic rings. The van der Waals surface area contributed by atoms with Crippen LogP contribution in [-0.4, -0.2) is 24.0 Å². The number of halogens is 1. The first-order chi connectivity index (χ1) is 8.81. The molecule has 1 aromatic rings. The van der Waals surface area contributed by atoms with Gasteiger partial charge in [0, 0.05) is 5.56 Å². The Morgan fingerprint density at radius 3 is 2.32 bits per heavy atom. The van der Waals surface area contributed by atoms with E-state index in [4.69, 9.17) is 9.84 Å². The Hall–Kier alpha value is -1.91. The number of aliphatic carboxylic acids is 1. The van der Waals surface area contributed by atoms with Crippen molar-refractivity contribution in [3.05, 3.63) is 29.1 Å². The van der Waals surface area contributed by atoms with Crippen LogP contribution in [0.4, 0.5) is 4.39 Å². The van der Waals surface area contributed by atoms with E-state index in [9.17, 15) is 14.0 Å². The van der Waals surface area contributed by atoms with Crippen LogP contribution in [0, 0.1) is 18.7 Å². The Morgan fingerprint density at radius 2 is 1.89 bits per heavy atom. The minimum atomic E-state index is -1.53. The van der Waals surface area contributed by atoms with Gasteiger partial charge in [-0.25, -0.2) is 9.18 Å². The fraction of sp³-hybridized carbons (Fsp3) is 0.429. The number of carboxylic acids is 1. The number of hydrogen-bond donors (Lipinski definition) is 1. The molecule has 1 rings (SSSR count). The van der Waals surface area contributed by atoms with Crippen molar-refractivity contribution in [2.75, 3.05) is 7.11 Å². The van der Waals surface area contributed by atoms with Crippen molar-refractivity contribution in [1.29, 1.82) is 0 Å². The molecule has 1 N–H and O–H groups in total. The molecule has 0 bridgehead atoms. The van der Waals surface area contributed by atoms with Crippen molar-refractivity contribution in [1.82, 2.24) is 0 Å². The molecule has 1 atom stereocenters. The monoisotopic (exact) mass is 268 g/mol. The van der Waals surface area contributed by atoms with Crippen molar-refractivity contribution >= 4 is 11.8 Å². The van der Waals surface area contributed by atoms with E-state index < -0.39 is 23.5 Å². The number of hydrogen-bond acceptors (Lipinski definition) is 3. The van der Waals surface area contributed by atoms with Crippen LogP contribution in [0.1, 0.15) is 30.9 Å². The van der Waals surface area contributed by atoms with E-state index in [-0.39, 0.29) is 17.2 Å². The number of Topliss-reactive ketones (excluding diaryl/α,β-unsaturated/α-hetero) is 1. The van der Waals surface area contributed by atoms with Gasteiger partial charge in [0.2, 0.25) is 5.78 Å². The maximum absolute atomic E-state index is 14.0. The molecular weight excluding hydrogens is 251 g/mol. The van der Waals surface area contributed by atoms with Gasteiger partial charge in [0.1, 0.15) is 0 Å². The molecule has 0 amide bonds. The summed E-state index contributed by atoms with van der Waals surface area (Å²) in [5.41, 5.74) is 0.652. The molecule has 19 heavy (non-hydrogen) atoms. The van der Waals surface area contributed by atoms with Crippen LogP contribution in [0.5, 0.6) is 5.75 Å². The zero-order chi connectivity index (χ0) is 14.7. The van der Waals surface area contributed by atoms with E-state index in [0.717, 1.165) is 0 Å². The van der Waals surface area contributed by atoms with Crippen LogP contribution in [0.15, 0.2) is 12.1 Å². The smallest absolute Gasteiger partial charge is 0.372 e. The summed E-state index contributed by atoms with van der Waals surface area (Å²) >= 11 is 0. The van der Waals surface area contributed by atoms with E-state index in [0.29, 0.717) is 5.56 Å². The summed E-state index contributed by atoms with van der Waals surface area (Å²) in [6, 6.07) is 3.06. The molecule has 0 aliphatic carbocycles. The topological polar surface area (TPSA) is 63.6 Å². The van der Waals surface area contributed by atoms with Gasteiger partial charge in [0.25, 0.3) is 0 Å². The quantitative estimate of drug-likeness (QED) is 0.833. The highest BCUT2D eigenvalue weighted by molar-refractivity contribution is 6.35. The Morgan fingerprint density at radius 1 is 1.32 bits per heavy atom. The first kappa shape index (κ1) is 15.1. The van der Waals surface area contributed by atoms with Crippen LogP contribution < -0.4 is 4.74 Å². The summed E-state index contributed by atoms with van der Waals surface area (Å²) in [6.45, 7) is 5.00. The Kier molecular flexibility index (Phi) is 4.64. The summed E-state index contributed by atoms with van der Waals surface area (Å²) in [5, 5.41) is 8.87. The predicted octanol–water partition coefficient (Wildman–Crippen LogP) is 2.54. The van der Waals surface area contributed by atoms with Crippen LogP contribution in [0.2, 0.25) is 0 Å². The Labute approximate surface area is 111 Å². The normalized spacial score (nSPS) is 12.3. The Bertz CT molecular complexity index is 508. The number of carbonyl (C=O) groups excluding carboxylic acids is 1. The lowest BCUT2D eigenvalue weighted by Gasteiger charge is -2.21. The van der Waals surface area contributed by atoms with Gasteiger partial charge in [0.05, 0.1) is 13.0 Å². The maximum atomic E-state index is 14.0. The number of aryl methyl sites for hydroxylation is 1. The van der Waals surface area contributed by atoms with Crippen LogP contribution in [0.3, 0.4) is 0 Å². The van der Waals surface area contributed by atoms with Crippen molar-refractivity contribution < 1.29 is 23.8 Å². The maximum Gasteiger partial charge on any atom is 0.372 e. The summed E-state index contributed by atoms with van der Waals surface area (Å²) in [7, 11) is 1.30. The average molecular weight is 268 g/mol. The van der Waals surface area contributed by atoms with Crippen LogP contribution in [0.25, 0.3) is 0 Å². The molecule has 0 aliphatic heterocycles. The highest BCUT2D eigenvalue weighted by atomic mass is 19.1. The molecule has 1 aromatic carbocycles. The SMILES string of the molecule is COc1c(C(C(=O)C(=O)O)C(C)C)ccc(C)c1F. The van der Waals surface area contributed by atoms with Crippen LogP contribution in [-0.2, 0) is 9.59 Å².